The summed E-state index contributed by atoms with van der Waals surface area (Å²) in [6.07, 6.45) is 7.46. The number of carbonyl (C=O) groups excluding carboxylic acids is 2. The first kappa shape index (κ1) is 33.3. The van der Waals surface area contributed by atoms with Crippen molar-refractivity contribution >= 4 is 39.6 Å². The number of likely N-dealkylation sites (tertiary alicyclic amines) is 2. The highest BCUT2D eigenvalue weighted by Crippen LogP contribution is 2.41. The molecule has 1 atom stereocenters. The van der Waals surface area contributed by atoms with E-state index in [9.17, 15) is 14.0 Å². The fraction of sp³-hybridized carbons (Fsp3) is 0.439. The highest BCUT2D eigenvalue weighted by molar-refractivity contribution is 6.00. The number of imidazole rings is 1. The van der Waals surface area contributed by atoms with E-state index in [-0.39, 0.29) is 17.8 Å². The molecule has 1 N–H and O–H groups in total. The van der Waals surface area contributed by atoms with Gasteiger partial charge in [0.05, 0.1) is 23.8 Å². The predicted molar refractivity (Wildman–Crippen MR) is 199 cm³/mol. The van der Waals surface area contributed by atoms with Gasteiger partial charge in [-0.15, -0.1) is 0 Å². The molecular weight excluding hydrogens is 643 g/mol. The Morgan fingerprint density at radius 1 is 0.922 bits per heavy atom. The van der Waals surface area contributed by atoms with Gasteiger partial charge in [0.2, 0.25) is 0 Å². The van der Waals surface area contributed by atoms with Gasteiger partial charge in [-0.1, -0.05) is 31.5 Å². The Kier molecular flexibility index (Phi) is 8.94. The minimum Gasteiger partial charge on any atom is -0.494 e. The van der Waals surface area contributed by atoms with Crippen LogP contribution < -0.4 is 10.1 Å². The van der Waals surface area contributed by atoms with E-state index in [1.807, 2.05) is 29.0 Å². The van der Waals surface area contributed by atoms with Crippen molar-refractivity contribution in [1.82, 2.24) is 23.9 Å². The van der Waals surface area contributed by atoms with Crippen molar-refractivity contribution in [3.63, 3.8) is 0 Å². The molecular formula is C41H47FN6O3. The van der Waals surface area contributed by atoms with Crippen LogP contribution in [0.5, 0.6) is 5.75 Å². The molecule has 0 radical (unpaired) electrons. The van der Waals surface area contributed by atoms with Gasteiger partial charge in [-0.05, 0) is 104 Å². The number of hydrogen-bond donors (Lipinski definition) is 1. The number of methoxy groups -OCH3 is 1. The number of aryl methyl sites for hydroxylation is 1. The molecule has 8 rings (SSSR count). The zero-order valence-corrected chi connectivity index (χ0v) is 29.8. The standard InChI is InChI=1S/C41H47FN6O3/c1-4-26-7-6-18-47(24-26)40(49)30-21-34-38(36(23-30)51-3)45(2)39(44-34)35-22-29-8-5-9-33(37(29)48(35)25-27-10-11-27)28-16-19-46(20-17-28)41(50)43-32-14-12-31(42)13-15-32/h5,8-9,12-15,21-23,26-28H,4,6-7,10-11,16-20,24-25H2,1-3H3,(H,43,50)/t26-/m1/s1. The Balaban J connectivity index is 1.11. The topological polar surface area (TPSA) is 84.6 Å². The minimum atomic E-state index is -0.326. The lowest BCUT2D eigenvalue weighted by Gasteiger charge is -2.32. The summed E-state index contributed by atoms with van der Waals surface area (Å²) in [5, 5.41) is 4.10. The third kappa shape index (κ3) is 6.45. The van der Waals surface area contributed by atoms with Gasteiger partial charge >= 0.3 is 6.03 Å². The Bertz CT molecular complexity index is 2090. The number of halogens is 1. The Labute approximate surface area is 298 Å². The fourth-order valence-corrected chi connectivity index (χ4v) is 8.33. The molecule has 2 aromatic heterocycles. The van der Waals surface area contributed by atoms with E-state index in [2.05, 4.69) is 45.6 Å². The van der Waals surface area contributed by atoms with Crippen LogP contribution in [-0.2, 0) is 13.6 Å². The van der Waals surface area contributed by atoms with Gasteiger partial charge < -0.3 is 29.0 Å². The molecule has 9 nitrogen and oxygen atoms in total. The van der Waals surface area contributed by atoms with Crippen molar-refractivity contribution in [3.8, 4) is 17.3 Å². The largest absolute Gasteiger partial charge is 0.494 e. The molecule has 3 fully saturated rings. The third-order valence-electron chi connectivity index (χ3n) is 11.4. The summed E-state index contributed by atoms with van der Waals surface area (Å²) in [6.45, 7) is 6.01. The Morgan fingerprint density at radius 3 is 2.43 bits per heavy atom. The number of piperidine rings is 2. The van der Waals surface area contributed by atoms with Crippen molar-refractivity contribution in [2.24, 2.45) is 18.9 Å². The first-order valence-electron chi connectivity index (χ1n) is 18.6. The van der Waals surface area contributed by atoms with Crippen LogP contribution in [0.15, 0.2) is 60.7 Å². The molecule has 0 bridgehead atoms. The van der Waals surface area contributed by atoms with Crippen LogP contribution >= 0.6 is 0 Å². The zero-order valence-electron chi connectivity index (χ0n) is 29.8. The van der Waals surface area contributed by atoms with Gasteiger partial charge in [0.25, 0.3) is 5.91 Å². The molecule has 3 aliphatic rings. The maximum atomic E-state index is 13.8. The van der Waals surface area contributed by atoms with E-state index in [1.165, 1.54) is 47.9 Å². The van der Waals surface area contributed by atoms with E-state index in [1.54, 1.807) is 19.2 Å². The van der Waals surface area contributed by atoms with E-state index in [0.717, 1.165) is 67.9 Å². The molecule has 4 heterocycles. The lowest BCUT2D eigenvalue weighted by Crippen LogP contribution is -2.40. The van der Waals surface area contributed by atoms with Gasteiger partial charge in [-0.25, -0.2) is 14.2 Å². The van der Waals surface area contributed by atoms with Crippen molar-refractivity contribution in [3.05, 3.63) is 77.6 Å². The highest BCUT2D eigenvalue weighted by atomic mass is 19.1. The average molecular weight is 691 g/mol. The van der Waals surface area contributed by atoms with Crippen molar-refractivity contribution in [2.75, 3.05) is 38.6 Å². The molecule has 0 unspecified atom stereocenters. The number of carbonyl (C=O) groups is 2. The minimum absolute atomic E-state index is 0.0482. The molecule has 5 aromatic rings. The first-order valence-corrected chi connectivity index (χ1v) is 18.6. The number of hydrogen-bond acceptors (Lipinski definition) is 4. The van der Waals surface area contributed by atoms with Gasteiger partial charge in [-0.3, -0.25) is 4.79 Å². The molecule has 3 amide bonds. The van der Waals surface area contributed by atoms with Crippen LogP contribution in [0.25, 0.3) is 33.5 Å². The Hall–Kier alpha value is -4.86. The van der Waals surface area contributed by atoms with Crippen molar-refractivity contribution < 1.29 is 18.7 Å². The monoisotopic (exact) mass is 690 g/mol. The lowest BCUT2D eigenvalue weighted by molar-refractivity contribution is 0.0671. The number of urea groups is 1. The van der Waals surface area contributed by atoms with Gasteiger partial charge in [-0.2, -0.15) is 0 Å². The smallest absolute Gasteiger partial charge is 0.321 e. The van der Waals surface area contributed by atoms with Crippen LogP contribution in [0.1, 0.15) is 73.7 Å². The number of ether oxygens (including phenoxy) is 1. The van der Waals surface area contributed by atoms with Crippen LogP contribution in [0, 0.1) is 17.7 Å². The summed E-state index contributed by atoms with van der Waals surface area (Å²) < 4.78 is 23.9. The summed E-state index contributed by atoms with van der Waals surface area (Å²) in [4.78, 5) is 35.9. The number of fused-ring (bicyclic) bond motifs is 2. The second-order valence-electron chi connectivity index (χ2n) is 14.8. The molecule has 2 saturated heterocycles. The molecule has 3 aromatic carbocycles. The van der Waals surface area contributed by atoms with Crippen LogP contribution in [-0.4, -0.2) is 69.1 Å². The molecule has 0 spiro atoms. The SMILES string of the molecule is CC[C@@H]1CCCN(C(=O)c2cc(OC)c3c(c2)nc(-c2cc4cccc(C5CCN(C(=O)Nc6ccc(F)cc6)CC5)c4n2CC2CC2)n3C)C1. The number of benzene rings is 3. The second-order valence-corrected chi connectivity index (χ2v) is 14.8. The van der Waals surface area contributed by atoms with Crippen molar-refractivity contribution in [1.29, 1.82) is 0 Å². The van der Waals surface area contributed by atoms with Gasteiger partial charge in [0.15, 0.2) is 5.82 Å². The van der Waals surface area contributed by atoms with E-state index >= 15 is 0 Å². The number of aromatic nitrogens is 3. The van der Waals surface area contributed by atoms with Crippen LogP contribution in [0.2, 0.25) is 0 Å². The van der Waals surface area contributed by atoms with E-state index in [0.29, 0.717) is 47.8 Å². The third-order valence-corrected chi connectivity index (χ3v) is 11.4. The lowest BCUT2D eigenvalue weighted by atomic mass is 9.88. The van der Waals surface area contributed by atoms with Crippen LogP contribution in [0.3, 0.4) is 0 Å². The molecule has 266 valence electrons. The van der Waals surface area contributed by atoms with E-state index < -0.39 is 0 Å². The molecule has 51 heavy (non-hydrogen) atoms. The van der Waals surface area contributed by atoms with Crippen LogP contribution in [0.4, 0.5) is 14.9 Å². The summed E-state index contributed by atoms with van der Waals surface area (Å²) >= 11 is 0. The van der Waals surface area contributed by atoms with Gasteiger partial charge in [0, 0.05) is 56.4 Å². The molecule has 1 saturated carbocycles. The summed E-state index contributed by atoms with van der Waals surface area (Å²) in [5.74, 6) is 2.72. The normalized spacial score (nSPS) is 18.5. The number of rotatable bonds is 8. The predicted octanol–water partition coefficient (Wildman–Crippen LogP) is 8.43. The quantitative estimate of drug-likeness (QED) is 0.177. The first-order chi connectivity index (χ1) is 24.8. The number of nitrogens with zero attached hydrogens (tertiary/aromatic N) is 5. The summed E-state index contributed by atoms with van der Waals surface area (Å²) in [6, 6.07) is 18.4. The van der Waals surface area contributed by atoms with Gasteiger partial charge in [0.1, 0.15) is 17.1 Å². The summed E-state index contributed by atoms with van der Waals surface area (Å²) in [7, 11) is 3.70. The average Bonchev–Trinajstić information content (AvgIpc) is 3.83. The maximum Gasteiger partial charge on any atom is 0.321 e. The van der Waals surface area contributed by atoms with E-state index in [4.69, 9.17) is 9.72 Å². The molecule has 2 aliphatic heterocycles. The molecule has 10 heteroatoms. The fourth-order valence-electron chi connectivity index (χ4n) is 8.33. The second kappa shape index (κ2) is 13.7. The summed E-state index contributed by atoms with van der Waals surface area (Å²) in [5.41, 5.74) is 6.48. The number of nitrogens with one attached hydrogen (secondary N) is 1. The number of anilines is 1. The Morgan fingerprint density at radius 2 is 1.71 bits per heavy atom. The zero-order chi connectivity index (χ0) is 35.2. The highest BCUT2D eigenvalue weighted by Gasteiger charge is 2.31. The number of amides is 3. The van der Waals surface area contributed by atoms with Crippen molar-refractivity contribution in [2.45, 2.75) is 64.3 Å². The number of para-hydroxylation sites is 1. The molecule has 1 aliphatic carbocycles. The maximum absolute atomic E-state index is 13.8.